The number of hydrogen-bond acceptors (Lipinski definition) is 5. The molecule has 1 aliphatic heterocycles. The molecule has 1 amide bonds. The molecule has 4 rings (SSSR count). The molecule has 1 aliphatic rings. The van der Waals surface area contributed by atoms with Crippen LogP contribution in [0, 0.1) is 6.92 Å². The minimum atomic E-state index is -0.118. The zero-order chi connectivity index (χ0) is 21.3. The highest BCUT2D eigenvalue weighted by molar-refractivity contribution is 8.00. The van der Waals surface area contributed by atoms with E-state index in [1.54, 1.807) is 26.0 Å². The van der Waals surface area contributed by atoms with Crippen LogP contribution in [0.3, 0.4) is 0 Å². The highest BCUT2D eigenvalue weighted by atomic mass is 32.2. The topological polar surface area (TPSA) is 65.4 Å². The van der Waals surface area contributed by atoms with Crippen molar-refractivity contribution in [3.05, 3.63) is 64.8 Å². The van der Waals surface area contributed by atoms with E-state index < -0.39 is 0 Å². The molecule has 0 fully saturated rings. The van der Waals surface area contributed by atoms with E-state index in [9.17, 15) is 4.79 Å². The lowest BCUT2D eigenvalue weighted by Crippen LogP contribution is -2.15. The summed E-state index contributed by atoms with van der Waals surface area (Å²) in [4.78, 5) is 12.6. The standard InChI is InChI=1S/C23H25N3O3S/c1-5-15-9-11-16(12-10-15)26-23-20(14(2)25-26)22(30-13-19(27)24-23)17-7-6-8-18(28-3)21(17)29-4/h6-12,22H,5,13H2,1-4H3,(H,24,27)/t22-/m1/s1. The average molecular weight is 424 g/mol. The number of amides is 1. The molecule has 1 atom stereocenters. The molecule has 7 heteroatoms. The molecule has 1 aromatic heterocycles. The number of nitrogens with zero attached hydrogens (tertiary/aromatic N) is 2. The fraction of sp³-hybridized carbons (Fsp3) is 0.304. The Morgan fingerprint density at radius 1 is 1.17 bits per heavy atom. The van der Waals surface area contributed by atoms with Gasteiger partial charge in [-0.05, 0) is 37.1 Å². The number of rotatable bonds is 5. The quantitative estimate of drug-likeness (QED) is 0.653. The molecule has 0 bridgehead atoms. The van der Waals surface area contributed by atoms with Crippen LogP contribution in [0.5, 0.6) is 11.5 Å². The Balaban J connectivity index is 1.89. The van der Waals surface area contributed by atoms with Crippen LogP contribution >= 0.6 is 11.8 Å². The number of aryl methyl sites for hydroxylation is 2. The Morgan fingerprint density at radius 3 is 2.60 bits per heavy atom. The van der Waals surface area contributed by atoms with E-state index in [4.69, 9.17) is 14.6 Å². The molecule has 0 radical (unpaired) electrons. The summed E-state index contributed by atoms with van der Waals surface area (Å²) in [5.74, 6) is 2.35. The second-order valence-electron chi connectivity index (χ2n) is 7.10. The van der Waals surface area contributed by atoms with Crippen molar-refractivity contribution in [1.29, 1.82) is 0 Å². The van der Waals surface area contributed by atoms with Crippen molar-refractivity contribution in [1.82, 2.24) is 9.78 Å². The van der Waals surface area contributed by atoms with Gasteiger partial charge in [0.15, 0.2) is 11.5 Å². The summed E-state index contributed by atoms with van der Waals surface area (Å²) in [5.41, 5.74) is 4.99. The molecule has 0 aliphatic carbocycles. The fourth-order valence-electron chi connectivity index (χ4n) is 3.81. The normalized spacial score (nSPS) is 15.9. The Morgan fingerprint density at radius 2 is 1.93 bits per heavy atom. The summed E-state index contributed by atoms with van der Waals surface area (Å²) in [6, 6.07) is 14.1. The van der Waals surface area contributed by atoms with Crippen LogP contribution in [0.2, 0.25) is 0 Å². The summed E-state index contributed by atoms with van der Waals surface area (Å²) in [7, 11) is 3.26. The van der Waals surface area contributed by atoms with E-state index in [1.807, 2.05) is 41.9 Å². The van der Waals surface area contributed by atoms with Crippen LogP contribution in [-0.4, -0.2) is 35.7 Å². The van der Waals surface area contributed by atoms with Crippen molar-refractivity contribution >= 4 is 23.5 Å². The molecule has 0 unspecified atom stereocenters. The number of hydrogen-bond donors (Lipinski definition) is 1. The largest absolute Gasteiger partial charge is 0.493 e. The van der Waals surface area contributed by atoms with Crippen LogP contribution in [-0.2, 0) is 11.2 Å². The lowest BCUT2D eigenvalue weighted by atomic mass is 10.0. The van der Waals surface area contributed by atoms with Crippen molar-refractivity contribution < 1.29 is 14.3 Å². The van der Waals surface area contributed by atoms with Gasteiger partial charge in [-0.3, -0.25) is 4.79 Å². The first-order valence-electron chi connectivity index (χ1n) is 9.88. The SMILES string of the molecule is CCc1ccc(-n2nc(C)c3c2NC(=O)CS[C@@H]3c2cccc(OC)c2OC)cc1. The van der Waals surface area contributed by atoms with Crippen molar-refractivity contribution in [3.63, 3.8) is 0 Å². The van der Waals surface area contributed by atoms with E-state index in [0.717, 1.165) is 28.9 Å². The Labute approximate surface area is 180 Å². The number of nitrogens with one attached hydrogen (secondary N) is 1. The van der Waals surface area contributed by atoms with Gasteiger partial charge in [-0.2, -0.15) is 5.10 Å². The maximum atomic E-state index is 12.6. The molecule has 156 valence electrons. The second-order valence-corrected chi connectivity index (χ2v) is 8.19. The predicted molar refractivity (Wildman–Crippen MR) is 120 cm³/mol. The molecule has 0 saturated heterocycles. The van der Waals surface area contributed by atoms with E-state index in [-0.39, 0.29) is 11.2 Å². The smallest absolute Gasteiger partial charge is 0.235 e. The predicted octanol–water partition coefficient (Wildman–Crippen LogP) is 4.54. The number of carbonyl (C=O) groups excluding carboxylic acids is 1. The number of anilines is 1. The fourth-order valence-corrected chi connectivity index (χ4v) is 5.01. The molecular weight excluding hydrogens is 398 g/mol. The van der Waals surface area contributed by atoms with Crippen LogP contribution in [0.1, 0.15) is 34.6 Å². The third-order valence-electron chi connectivity index (χ3n) is 5.31. The lowest BCUT2D eigenvalue weighted by molar-refractivity contribution is -0.113. The van der Waals surface area contributed by atoms with Crippen molar-refractivity contribution in [2.75, 3.05) is 25.3 Å². The molecule has 0 saturated carbocycles. The third kappa shape index (κ3) is 3.54. The van der Waals surface area contributed by atoms with Crippen molar-refractivity contribution in [3.8, 4) is 17.2 Å². The molecule has 3 aromatic rings. The van der Waals surface area contributed by atoms with E-state index in [0.29, 0.717) is 23.1 Å². The van der Waals surface area contributed by atoms with Gasteiger partial charge in [0.05, 0.1) is 36.6 Å². The van der Waals surface area contributed by atoms with Crippen LogP contribution < -0.4 is 14.8 Å². The molecule has 6 nitrogen and oxygen atoms in total. The number of carbonyl (C=O) groups is 1. The van der Waals surface area contributed by atoms with E-state index >= 15 is 0 Å². The second kappa shape index (κ2) is 8.44. The number of methoxy groups -OCH3 is 2. The Bertz CT molecular complexity index is 1080. The molecule has 30 heavy (non-hydrogen) atoms. The maximum absolute atomic E-state index is 12.6. The summed E-state index contributed by atoms with van der Waals surface area (Å²) in [6.45, 7) is 4.11. The van der Waals surface area contributed by atoms with Gasteiger partial charge in [-0.15, -0.1) is 11.8 Å². The minimum Gasteiger partial charge on any atom is -0.493 e. The molecule has 2 aromatic carbocycles. The van der Waals surface area contributed by atoms with Crippen LogP contribution in [0.15, 0.2) is 42.5 Å². The van der Waals surface area contributed by atoms with Gasteiger partial charge in [-0.25, -0.2) is 4.68 Å². The Kier molecular flexibility index (Phi) is 5.72. The highest BCUT2D eigenvalue weighted by Crippen LogP contribution is 2.48. The van der Waals surface area contributed by atoms with Gasteiger partial charge < -0.3 is 14.8 Å². The number of ether oxygens (including phenoxy) is 2. The van der Waals surface area contributed by atoms with Gasteiger partial charge in [0.2, 0.25) is 5.91 Å². The first-order chi connectivity index (χ1) is 14.6. The van der Waals surface area contributed by atoms with Crippen molar-refractivity contribution in [2.45, 2.75) is 25.5 Å². The molecule has 2 heterocycles. The number of benzene rings is 2. The number of thioether (sulfide) groups is 1. The van der Waals surface area contributed by atoms with Gasteiger partial charge in [0, 0.05) is 11.1 Å². The van der Waals surface area contributed by atoms with Crippen LogP contribution in [0.4, 0.5) is 5.82 Å². The third-order valence-corrected chi connectivity index (χ3v) is 6.56. The summed E-state index contributed by atoms with van der Waals surface area (Å²) in [5, 5.41) is 7.74. The van der Waals surface area contributed by atoms with E-state index in [2.05, 4.69) is 24.4 Å². The van der Waals surface area contributed by atoms with E-state index in [1.165, 1.54) is 5.56 Å². The molecular formula is C23H25N3O3S. The first-order valence-corrected chi connectivity index (χ1v) is 10.9. The number of aromatic nitrogens is 2. The number of para-hydroxylation sites is 1. The number of fused-ring (bicyclic) bond motifs is 1. The van der Waals surface area contributed by atoms with Gasteiger partial charge in [0.1, 0.15) is 5.82 Å². The van der Waals surface area contributed by atoms with Gasteiger partial charge in [0.25, 0.3) is 0 Å². The highest BCUT2D eigenvalue weighted by Gasteiger charge is 2.32. The summed E-state index contributed by atoms with van der Waals surface area (Å²) < 4.78 is 13.0. The average Bonchev–Trinajstić information content (AvgIpc) is 2.98. The zero-order valence-corrected chi connectivity index (χ0v) is 18.4. The summed E-state index contributed by atoms with van der Waals surface area (Å²) >= 11 is 1.56. The molecule has 1 N–H and O–H groups in total. The van der Waals surface area contributed by atoms with Crippen LogP contribution in [0.25, 0.3) is 5.69 Å². The molecule has 0 spiro atoms. The Hall–Kier alpha value is -2.93. The first kappa shape index (κ1) is 20.3. The zero-order valence-electron chi connectivity index (χ0n) is 17.6. The van der Waals surface area contributed by atoms with Crippen molar-refractivity contribution in [2.24, 2.45) is 0 Å². The minimum absolute atomic E-state index is 0.0445. The van der Waals surface area contributed by atoms with Gasteiger partial charge >= 0.3 is 0 Å². The lowest BCUT2D eigenvalue weighted by Gasteiger charge is -2.20. The summed E-state index contributed by atoms with van der Waals surface area (Å²) in [6.07, 6.45) is 0.974. The maximum Gasteiger partial charge on any atom is 0.235 e. The monoisotopic (exact) mass is 423 g/mol. The van der Waals surface area contributed by atoms with Gasteiger partial charge in [-0.1, -0.05) is 31.2 Å².